The first-order valence-electron chi connectivity index (χ1n) is 47.2. The van der Waals surface area contributed by atoms with Gasteiger partial charge in [0.1, 0.15) is 0 Å². The van der Waals surface area contributed by atoms with Crippen LogP contribution in [-0.2, 0) is 19.4 Å². The molecule has 22 nitrogen and oxygen atoms in total. The molecule has 4 aliphatic heterocycles. The van der Waals surface area contributed by atoms with Crippen molar-refractivity contribution in [3.63, 3.8) is 0 Å². The van der Waals surface area contributed by atoms with Gasteiger partial charge in [0, 0.05) is 95.7 Å². The molecule has 0 radical (unpaired) electrons. The van der Waals surface area contributed by atoms with E-state index in [4.69, 9.17) is 49.3 Å². The summed E-state index contributed by atoms with van der Waals surface area (Å²) in [6.07, 6.45) is 48.2. The molecule has 0 aliphatic carbocycles. The first-order valence-corrected chi connectivity index (χ1v) is 47.2. The molecule has 0 saturated carbocycles. The van der Waals surface area contributed by atoms with Gasteiger partial charge in [0.2, 0.25) is 35.7 Å². The molecule has 2 aromatic rings. The van der Waals surface area contributed by atoms with E-state index in [1.165, 1.54) is 141 Å². The van der Waals surface area contributed by atoms with Gasteiger partial charge in [0.05, 0.1) is 39.6 Å². The second-order valence-electron chi connectivity index (χ2n) is 40.3. The van der Waals surface area contributed by atoms with Crippen molar-refractivity contribution in [3.8, 4) is 0 Å². The van der Waals surface area contributed by atoms with Gasteiger partial charge in [0.25, 0.3) is 0 Å². The van der Waals surface area contributed by atoms with Crippen LogP contribution in [0.5, 0.6) is 0 Å². The van der Waals surface area contributed by atoms with Crippen LogP contribution in [0.25, 0.3) is 0 Å². The number of hydrogen-bond acceptors (Lipinski definition) is 22. The summed E-state index contributed by atoms with van der Waals surface area (Å²) in [4.78, 5) is 63.1. The minimum absolute atomic E-state index is 0.0357. The number of nitrogens with one attached hydrogen (secondary N) is 4. The normalized spacial score (nSPS) is 20.0. The number of aromatic nitrogens is 6. The van der Waals surface area contributed by atoms with Crippen molar-refractivity contribution in [2.75, 3.05) is 110 Å². The molecule has 2 aromatic heterocycles. The Hall–Kier alpha value is -3.58. The number of aliphatic hydroxyl groups excluding tert-OH is 2. The van der Waals surface area contributed by atoms with Gasteiger partial charge in [0.15, 0.2) is 0 Å². The molecule has 6 N–H and O–H groups in total. The van der Waals surface area contributed by atoms with Crippen LogP contribution >= 0.6 is 0 Å². The van der Waals surface area contributed by atoms with Crippen molar-refractivity contribution in [2.45, 2.75) is 465 Å². The predicted octanol–water partition coefficient (Wildman–Crippen LogP) is 21.7. The van der Waals surface area contributed by atoms with Crippen LogP contribution in [-0.4, -0.2) is 196 Å². The summed E-state index contributed by atoms with van der Waals surface area (Å²) in [5, 5.41) is 43.8. The lowest BCUT2D eigenvalue weighted by Gasteiger charge is -2.55. The third-order valence-electron chi connectivity index (χ3n) is 25.0. The highest BCUT2D eigenvalue weighted by Crippen LogP contribution is 2.47. The summed E-state index contributed by atoms with van der Waals surface area (Å²) in [6.45, 7) is 53.6. The minimum atomic E-state index is -0.281. The van der Waals surface area contributed by atoms with Crippen LogP contribution < -0.4 is 31.1 Å². The van der Waals surface area contributed by atoms with E-state index < -0.39 is 0 Å². The summed E-state index contributed by atoms with van der Waals surface area (Å²) in [7, 11) is 0. The number of anilines is 6. The molecule has 4 fully saturated rings. The Bertz CT molecular complexity index is 2640. The van der Waals surface area contributed by atoms with Crippen LogP contribution in [0.2, 0.25) is 0 Å². The van der Waals surface area contributed by atoms with Crippen LogP contribution in [0.4, 0.5) is 35.7 Å². The van der Waals surface area contributed by atoms with Crippen molar-refractivity contribution >= 4 is 35.7 Å². The molecule has 6 heterocycles. The Morgan fingerprint density at radius 3 is 0.772 bits per heavy atom. The second kappa shape index (κ2) is 50.0. The molecule has 6 rings (SSSR count). The molecule has 662 valence electrons. The Morgan fingerprint density at radius 2 is 0.518 bits per heavy atom. The van der Waals surface area contributed by atoms with Gasteiger partial charge >= 0.3 is 0 Å². The quantitative estimate of drug-likeness (QED) is 0.0339. The van der Waals surface area contributed by atoms with E-state index in [1.54, 1.807) is 0 Å². The Kier molecular flexibility index (Phi) is 43.5. The van der Waals surface area contributed by atoms with Crippen LogP contribution in [0.3, 0.4) is 0 Å². The lowest BCUT2D eigenvalue weighted by molar-refractivity contribution is -0.288. The molecule has 0 atom stereocenters. The van der Waals surface area contributed by atoms with Crippen LogP contribution in [0, 0.1) is 11.8 Å². The number of rotatable bonds is 61. The fourth-order valence-electron chi connectivity index (χ4n) is 20.7. The number of hydrogen-bond donors (Lipinski definition) is 6. The van der Waals surface area contributed by atoms with Crippen molar-refractivity contribution in [3.05, 3.63) is 0 Å². The van der Waals surface area contributed by atoms with Crippen molar-refractivity contribution in [1.29, 1.82) is 0 Å². The molecule has 4 saturated heterocycles. The van der Waals surface area contributed by atoms with E-state index in [0.717, 1.165) is 181 Å². The lowest BCUT2D eigenvalue weighted by Crippen LogP contribution is -2.64. The van der Waals surface area contributed by atoms with Crippen molar-refractivity contribution in [2.24, 2.45) is 11.8 Å². The van der Waals surface area contributed by atoms with Crippen LogP contribution in [0.1, 0.15) is 408 Å². The standard InChI is InChI=1S/C92H178N16O6/c1-21-25-29-33-39-49-63-111-105-85(5,6)67-75(68-86(105,7)8)53-43-45-55-93-79-97-81(95-57-61-109)101-83(99-79)103(77-71-89(13,14)107(90(15,16)72-77)113-65-51-41-35-31-27-23-3)59-47-37-38-48-60-104(78-73-91(17,18)108(92(19,20)74-78)114-66-52-42-36-32-28-24-4)84-100-80(98-82(102-84)96-58-62-110)94-56-46-44-54-76-69-87(9,10)106(88(11,12)70-76)112-64-50-40-34-30-26-22-2/h75-78,109-110H,21-74H2,1-20H3,(H2,93,95,97,99,101)(H2,94,96,98,100,102). The number of unbranched alkanes of at least 4 members (excludes halogenated alkanes) is 25. The highest BCUT2D eigenvalue weighted by Gasteiger charge is 2.52. The molecule has 4 aliphatic rings. The summed E-state index contributed by atoms with van der Waals surface area (Å²) < 4.78 is 0. The molecule has 0 aromatic carbocycles. The molecule has 114 heavy (non-hydrogen) atoms. The third kappa shape index (κ3) is 33.4. The highest BCUT2D eigenvalue weighted by atomic mass is 16.7. The van der Waals surface area contributed by atoms with Gasteiger partial charge in [-0.1, -0.05) is 195 Å². The van der Waals surface area contributed by atoms with Gasteiger partial charge in [-0.2, -0.15) is 50.2 Å². The molecule has 0 bridgehead atoms. The first-order chi connectivity index (χ1) is 54.3. The average Bonchev–Trinajstić information content (AvgIpc) is 0.764. The Balaban J connectivity index is 1.20. The topological polar surface area (TPSA) is 222 Å². The number of aliphatic hydroxyl groups is 2. The first kappa shape index (κ1) is 99.2. The average molecular weight is 1600 g/mol. The Labute approximate surface area is 698 Å². The molecule has 0 unspecified atom stereocenters. The number of hydroxylamine groups is 8. The smallest absolute Gasteiger partial charge is 0.232 e. The van der Waals surface area contributed by atoms with E-state index in [1.807, 2.05) is 0 Å². The van der Waals surface area contributed by atoms with Crippen molar-refractivity contribution in [1.82, 2.24) is 50.2 Å². The Morgan fingerprint density at radius 1 is 0.289 bits per heavy atom. The van der Waals surface area contributed by atoms with E-state index in [2.05, 4.69) is 190 Å². The molecule has 0 amide bonds. The van der Waals surface area contributed by atoms with Gasteiger partial charge in [-0.3, -0.25) is 19.4 Å². The zero-order valence-electron chi connectivity index (χ0n) is 77.4. The fourth-order valence-corrected chi connectivity index (χ4v) is 20.7. The molecule has 0 spiro atoms. The third-order valence-corrected chi connectivity index (χ3v) is 25.0. The van der Waals surface area contributed by atoms with E-state index >= 15 is 0 Å². The largest absolute Gasteiger partial charge is 0.395 e. The monoisotopic (exact) mass is 1600 g/mol. The highest BCUT2D eigenvalue weighted by molar-refractivity contribution is 5.46. The maximum Gasteiger partial charge on any atom is 0.232 e. The van der Waals surface area contributed by atoms with Gasteiger partial charge in [-0.15, -0.1) is 0 Å². The van der Waals surface area contributed by atoms with E-state index in [-0.39, 0.29) is 69.6 Å². The fraction of sp³-hybridized carbons (Fsp3) is 0.935. The molecule has 22 heteroatoms. The molecular formula is C92H178N16O6. The summed E-state index contributed by atoms with van der Waals surface area (Å²) in [6, 6.07) is 0.216. The van der Waals surface area contributed by atoms with Gasteiger partial charge in [-0.05, 0) is 225 Å². The second-order valence-corrected chi connectivity index (χ2v) is 40.3. The maximum absolute atomic E-state index is 10.2. The minimum Gasteiger partial charge on any atom is -0.395 e. The zero-order chi connectivity index (χ0) is 83.3. The van der Waals surface area contributed by atoms with Crippen LogP contribution in [0.15, 0.2) is 0 Å². The molecular weight excluding hydrogens is 1430 g/mol. The maximum atomic E-state index is 10.2. The van der Waals surface area contributed by atoms with E-state index in [9.17, 15) is 10.2 Å². The zero-order valence-corrected chi connectivity index (χ0v) is 77.4. The van der Waals surface area contributed by atoms with E-state index in [0.29, 0.717) is 60.6 Å². The predicted molar refractivity (Wildman–Crippen MR) is 477 cm³/mol. The van der Waals surface area contributed by atoms with Gasteiger partial charge in [-0.25, -0.2) is 0 Å². The lowest BCUT2D eigenvalue weighted by atomic mass is 9.73. The summed E-state index contributed by atoms with van der Waals surface area (Å²) in [5.41, 5.74) is -1.29. The van der Waals surface area contributed by atoms with Crippen molar-refractivity contribution < 1.29 is 29.6 Å². The number of nitrogens with zero attached hydrogens (tertiary/aromatic N) is 12. The summed E-state index contributed by atoms with van der Waals surface area (Å²) >= 11 is 0. The summed E-state index contributed by atoms with van der Waals surface area (Å²) in [5.74, 6) is 4.64. The number of piperidine rings is 4. The SMILES string of the molecule is CCCCCCCCON1C(C)(C)CC(CCCCNc2nc(NCCO)nc(N(CCCCCCN(c3nc(NCCO)nc(NCCCCC4CC(C)(C)N(OCCCCCCCC)C(C)(C)C4)n3)C3CC(C)(C)N(OCCCCCCCC)C(C)(C)C3)C3CC(C)(C)N(OCCCCCCCC)C(C)(C)C3)n2)CC1(C)C. The van der Waals surface area contributed by atoms with Gasteiger partial charge < -0.3 is 41.3 Å².